The number of nitrogens with one attached hydrogen (secondary N) is 1. The lowest BCUT2D eigenvalue weighted by atomic mass is 10.0. The molecule has 0 spiro atoms. The second-order valence-electron chi connectivity index (χ2n) is 6.76. The SMILES string of the molecule is O=C(CC1N=C(N2CCN(c3ccccc3)CC2)NC1=O)c1ccccc1. The van der Waals surface area contributed by atoms with Gasteiger partial charge in [-0.25, -0.2) is 4.99 Å². The van der Waals surface area contributed by atoms with Gasteiger partial charge in [0.1, 0.15) is 6.04 Å². The highest BCUT2D eigenvalue weighted by Crippen LogP contribution is 2.17. The van der Waals surface area contributed by atoms with Crippen molar-refractivity contribution in [3.63, 3.8) is 0 Å². The van der Waals surface area contributed by atoms with E-state index in [1.165, 1.54) is 5.69 Å². The van der Waals surface area contributed by atoms with E-state index in [1.54, 1.807) is 12.1 Å². The van der Waals surface area contributed by atoms with Gasteiger partial charge < -0.3 is 9.80 Å². The summed E-state index contributed by atoms with van der Waals surface area (Å²) >= 11 is 0. The molecule has 1 unspecified atom stereocenters. The Morgan fingerprint density at radius 1 is 0.926 bits per heavy atom. The number of piperazine rings is 1. The summed E-state index contributed by atoms with van der Waals surface area (Å²) in [5.74, 6) is 0.341. The van der Waals surface area contributed by atoms with Crippen molar-refractivity contribution in [2.75, 3.05) is 31.1 Å². The largest absolute Gasteiger partial charge is 0.368 e. The molecule has 6 nitrogen and oxygen atoms in total. The molecule has 1 fully saturated rings. The van der Waals surface area contributed by atoms with E-state index >= 15 is 0 Å². The third-order valence-corrected chi connectivity index (χ3v) is 4.99. The number of nitrogens with zero attached hydrogens (tertiary/aromatic N) is 3. The van der Waals surface area contributed by atoms with E-state index in [1.807, 2.05) is 36.4 Å². The topological polar surface area (TPSA) is 65.0 Å². The Kier molecular flexibility index (Phi) is 4.87. The molecule has 1 atom stereocenters. The van der Waals surface area contributed by atoms with Crippen molar-refractivity contribution in [1.29, 1.82) is 0 Å². The molecule has 1 amide bonds. The smallest absolute Gasteiger partial charge is 0.252 e. The summed E-state index contributed by atoms with van der Waals surface area (Å²) in [4.78, 5) is 33.5. The Hall–Kier alpha value is -3.15. The molecule has 2 aliphatic rings. The number of Topliss-reactive ketones (excluding diaryl/α,β-unsaturated/α-hetero) is 1. The van der Waals surface area contributed by atoms with Gasteiger partial charge in [-0.1, -0.05) is 48.5 Å². The Morgan fingerprint density at radius 3 is 2.19 bits per heavy atom. The van der Waals surface area contributed by atoms with E-state index in [0.717, 1.165) is 26.2 Å². The molecule has 0 aromatic heterocycles. The van der Waals surface area contributed by atoms with E-state index in [-0.39, 0.29) is 18.1 Å². The van der Waals surface area contributed by atoms with E-state index in [9.17, 15) is 9.59 Å². The van der Waals surface area contributed by atoms with Gasteiger partial charge in [0, 0.05) is 43.9 Å². The summed E-state index contributed by atoms with van der Waals surface area (Å²) in [6.07, 6.45) is 0.101. The number of guanidine groups is 1. The fourth-order valence-electron chi connectivity index (χ4n) is 3.46. The first-order chi connectivity index (χ1) is 13.2. The van der Waals surface area contributed by atoms with Gasteiger partial charge >= 0.3 is 0 Å². The van der Waals surface area contributed by atoms with Crippen molar-refractivity contribution in [3.05, 3.63) is 66.2 Å². The zero-order chi connectivity index (χ0) is 18.6. The number of benzene rings is 2. The van der Waals surface area contributed by atoms with Crippen molar-refractivity contribution in [2.24, 2.45) is 4.99 Å². The number of rotatable bonds is 4. The van der Waals surface area contributed by atoms with Crippen molar-refractivity contribution in [1.82, 2.24) is 10.2 Å². The number of hydrogen-bond acceptors (Lipinski definition) is 5. The van der Waals surface area contributed by atoms with Gasteiger partial charge in [-0.05, 0) is 12.1 Å². The predicted octanol–water partition coefficient (Wildman–Crippen LogP) is 1.94. The van der Waals surface area contributed by atoms with E-state index in [0.29, 0.717) is 11.5 Å². The standard InChI is InChI=1S/C21H22N4O2/c26-19(16-7-3-1-4-8-16)15-18-20(27)23-21(22-18)25-13-11-24(12-14-25)17-9-5-2-6-10-17/h1-10,18H,11-15H2,(H,22,23,27). The van der Waals surface area contributed by atoms with E-state index in [4.69, 9.17) is 0 Å². The molecule has 0 saturated carbocycles. The fraction of sp³-hybridized carbons (Fsp3) is 0.286. The maximum atomic E-state index is 12.4. The third-order valence-electron chi connectivity index (χ3n) is 4.99. The van der Waals surface area contributed by atoms with Gasteiger partial charge in [0.05, 0.1) is 0 Å². The Morgan fingerprint density at radius 2 is 1.52 bits per heavy atom. The molecule has 6 heteroatoms. The maximum Gasteiger partial charge on any atom is 0.252 e. The highest BCUT2D eigenvalue weighted by molar-refractivity contribution is 6.08. The first kappa shape index (κ1) is 17.3. The summed E-state index contributed by atoms with van der Waals surface area (Å²) in [5.41, 5.74) is 1.83. The summed E-state index contributed by atoms with van der Waals surface area (Å²) in [7, 11) is 0. The molecule has 27 heavy (non-hydrogen) atoms. The molecule has 1 saturated heterocycles. The third kappa shape index (κ3) is 3.84. The number of carbonyl (C=O) groups is 2. The van der Waals surface area contributed by atoms with Crippen LogP contribution in [0.1, 0.15) is 16.8 Å². The van der Waals surface area contributed by atoms with E-state index < -0.39 is 6.04 Å². The lowest BCUT2D eigenvalue weighted by molar-refractivity contribution is -0.120. The van der Waals surface area contributed by atoms with Gasteiger partial charge in [0.25, 0.3) is 5.91 Å². The zero-order valence-electron chi connectivity index (χ0n) is 15.0. The molecule has 138 valence electrons. The molecule has 2 heterocycles. The van der Waals surface area contributed by atoms with Crippen LogP contribution < -0.4 is 10.2 Å². The summed E-state index contributed by atoms with van der Waals surface area (Å²) in [6.45, 7) is 3.31. The Labute approximate surface area is 158 Å². The number of anilines is 1. The van der Waals surface area contributed by atoms with Crippen LogP contribution in [0.15, 0.2) is 65.7 Å². The monoisotopic (exact) mass is 362 g/mol. The van der Waals surface area contributed by atoms with Crippen LogP contribution in [0.4, 0.5) is 5.69 Å². The van der Waals surface area contributed by atoms with Crippen molar-refractivity contribution < 1.29 is 9.59 Å². The maximum absolute atomic E-state index is 12.4. The highest BCUT2D eigenvalue weighted by atomic mass is 16.2. The molecule has 2 aliphatic heterocycles. The Balaban J connectivity index is 1.37. The highest BCUT2D eigenvalue weighted by Gasteiger charge is 2.32. The normalized spacial score (nSPS) is 19.6. The van der Waals surface area contributed by atoms with Crippen LogP contribution in [-0.4, -0.2) is 54.8 Å². The minimum absolute atomic E-state index is 0.0605. The van der Waals surface area contributed by atoms with Crippen LogP contribution in [0, 0.1) is 0 Å². The molecular weight excluding hydrogens is 340 g/mol. The average molecular weight is 362 g/mol. The number of para-hydroxylation sites is 1. The van der Waals surface area contributed by atoms with Crippen LogP contribution in [0.2, 0.25) is 0 Å². The van der Waals surface area contributed by atoms with Gasteiger partial charge in [0.2, 0.25) is 5.96 Å². The van der Waals surface area contributed by atoms with Crippen molar-refractivity contribution in [2.45, 2.75) is 12.5 Å². The second kappa shape index (κ2) is 7.61. The number of aliphatic imine (C=N–C) groups is 1. The Bertz CT molecular complexity index is 843. The van der Waals surface area contributed by atoms with Crippen LogP contribution in [0.3, 0.4) is 0 Å². The minimum Gasteiger partial charge on any atom is -0.368 e. The minimum atomic E-state index is -0.639. The molecule has 2 aromatic rings. The quantitative estimate of drug-likeness (QED) is 0.844. The molecule has 4 rings (SSSR count). The summed E-state index contributed by atoms with van der Waals surface area (Å²) < 4.78 is 0. The number of ketones is 1. The molecule has 0 bridgehead atoms. The van der Waals surface area contributed by atoms with Gasteiger partial charge in [-0.15, -0.1) is 0 Å². The predicted molar refractivity (Wildman–Crippen MR) is 105 cm³/mol. The molecular formula is C21H22N4O2. The van der Waals surface area contributed by atoms with Gasteiger partial charge in [0.15, 0.2) is 5.78 Å². The fourth-order valence-corrected chi connectivity index (χ4v) is 3.46. The molecule has 0 radical (unpaired) electrons. The first-order valence-electron chi connectivity index (χ1n) is 9.22. The number of carbonyl (C=O) groups excluding carboxylic acids is 2. The van der Waals surface area contributed by atoms with Crippen molar-refractivity contribution >= 4 is 23.3 Å². The molecule has 0 aliphatic carbocycles. The van der Waals surface area contributed by atoms with Gasteiger partial charge in [-0.2, -0.15) is 0 Å². The lowest BCUT2D eigenvalue weighted by Crippen LogP contribution is -2.52. The lowest BCUT2D eigenvalue weighted by Gasteiger charge is -2.36. The van der Waals surface area contributed by atoms with Crippen molar-refractivity contribution in [3.8, 4) is 0 Å². The van der Waals surface area contributed by atoms with Gasteiger partial charge in [-0.3, -0.25) is 14.9 Å². The zero-order valence-corrected chi connectivity index (χ0v) is 15.0. The summed E-state index contributed by atoms with van der Waals surface area (Å²) in [6, 6.07) is 18.7. The van der Waals surface area contributed by atoms with Crippen LogP contribution in [0.5, 0.6) is 0 Å². The van der Waals surface area contributed by atoms with E-state index in [2.05, 4.69) is 32.2 Å². The molecule has 1 N–H and O–H groups in total. The molecule has 2 aromatic carbocycles. The average Bonchev–Trinajstić information content (AvgIpc) is 3.10. The number of amides is 1. The van der Waals surface area contributed by atoms with Crippen LogP contribution in [-0.2, 0) is 4.79 Å². The second-order valence-corrected chi connectivity index (χ2v) is 6.76. The number of hydrogen-bond donors (Lipinski definition) is 1. The first-order valence-corrected chi connectivity index (χ1v) is 9.22. The van der Waals surface area contributed by atoms with Crippen LogP contribution >= 0.6 is 0 Å². The van der Waals surface area contributed by atoms with Crippen LogP contribution in [0.25, 0.3) is 0 Å². The summed E-state index contributed by atoms with van der Waals surface area (Å²) in [5, 5.41) is 2.85.